The van der Waals surface area contributed by atoms with Gasteiger partial charge in [-0.15, -0.1) is 5.14 Å². The van der Waals surface area contributed by atoms with Crippen molar-refractivity contribution in [3.05, 3.63) is 35.4 Å². The van der Waals surface area contributed by atoms with Crippen molar-refractivity contribution in [3.63, 3.8) is 0 Å². The molecule has 0 spiro atoms. The predicted octanol–water partition coefficient (Wildman–Crippen LogP) is 5.67. The van der Waals surface area contributed by atoms with Crippen molar-refractivity contribution in [2.24, 2.45) is 5.14 Å². The van der Waals surface area contributed by atoms with Gasteiger partial charge in [0.15, 0.2) is 19.9 Å². The zero-order valence-corrected chi connectivity index (χ0v) is 16.2. The Morgan fingerprint density at radius 2 is 1.89 bits per heavy atom. The van der Waals surface area contributed by atoms with Crippen molar-refractivity contribution in [1.82, 2.24) is 0 Å². The summed E-state index contributed by atoms with van der Waals surface area (Å²) >= 11 is 5.71. The fraction of sp³-hybridized carbons (Fsp3) is 0.364. The summed E-state index contributed by atoms with van der Waals surface area (Å²) < 4.78 is 0.814. The number of benzene rings is 1. The van der Waals surface area contributed by atoms with E-state index < -0.39 is 0 Å². The van der Waals surface area contributed by atoms with E-state index >= 15 is 0 Å². The molecule has 2 unspecified atom stereocenters. The Kier molecular flexibility index (Phi) is 6.67. The van der Waals surface area contributed by atoms with Crippen LogP contribution in [0.25, 0.3) is 0 Å². The summed E-state index contributed by atoms with van der Waals surface area (Å²) in [6.07, 6.45) is 0.945. The highest BCUT2D eigenvalue weighted by Gasteiger charge is 2.53. The molecule has 1 aliphatic rings. The van der Waals surface area contributed by atoms with Gasteiger partial charge in [0.2, 0.25) is 4.75 Å². The molecule has 0 saturated carbocycles. The van der Waals surface area contributed by atoms with E-state index in [0.29, 0.717) is 0 Å². The molecule has 0 radical (unpaired) electrons. The molecule has 1 fully saturated rings. The third-order valence-electron chi connectivity index (χ3n) is 2.96. The van der Waals surface area contributed by atoms with Crippen LogP contribution in [0.4, 0.5) is 0 Å². The topological polar surface area (TPSA) is 26.0 Å². The summed E-state index contributed by atoms with van der Waals surface area (Å²) in [6, 6.07) is 8.66. The van der Waals surface area contributed by atoms with Gasteiger partial charge in [-0.05, 0) is 27.5 Å². The minimum absolute atomic E-state index is 0.195. The maximum absolute atomic E-state index is 6.50. The normalized spacial score (nSPS) is 28.8. The maximum Gasteiger partial charge on any atom is 0.226 e. The lowest BCUT2D eigenvalue weighted by Crippen LogP contribution is -2.43. The summed E-state index contributed by atoms with van der Waals surface area (Å²) in [7, 11) is 8.36. The zero-order chi connectivity index (χ0) is 13.9. The van der Waals surface area contributed by atoms with E-state index in [1.54, 1.807) is 50.1 Å². The van der Waals surface area contributed by atoms with Crippen molar-refractivity contribution in [2.75, 3.05) is 0 Å². The van der Waals surface area contributed by atoms with E-state index in [9.17, 15) is 0 Å². The molecule has 2 atom stereocenters. The number of nitrogens with two attached hydrogens (primary N) is 1. The first kappa shape index (κ1) is 16.7. The second-order valence-corrected chi connectivity index (χ2v) is 15.2. The molecular formula is C11H14NS7+. The van der Waals surface area contributed by atoms with E-state index in [4.69, 9.17) is 17.4 Å². The van der Waals surface area contributed by atoms with E-state index in [2.05, 4.69) is 38.1 Å². The number of aryl methyl sites for hydroxylation is 1. The molecule has 0 amide bonds. The Hall–Kier alpha value is 1.37. The van der Waals surface area contributed by atoms with Crippen LogP contribution < -0.4 is 5.14 Å². The number of hydrogen-bond acceptors (Lipinski definition) is 7. The van der Waals surface area contributed by atoms with Crippen molar-refractivity contribution in [2.45, 2.75) is 25.0 Å². The predicted molar refractivity (Wildman–Crippen MR) is 105 cm³/mol. The molecule has 8 heteroatoms. The summed E-state index contributed by atoms with van der Waals surface area (Å²) in [5.74, 6) is 0. The van der Waals surface area contributed by atoms with Crippen LogP contribution in [0.5, 0.6) is 0 Å². The average molecular weight is 385 g/mol. The molecule has 2 rings (SSSR count). The molecular weight excluding hydrogens is 371 g/mol. The van der Waals surface area contributed by atoms with E-state index in [-0.39, 0.29) is 14.9 Å². The number of rotatable bonds is 2. The SMILES string of the molecule is CCC1(c2ccc(C)cc2)C(=S)SSSSS[S+]1N. The highest BCUT2D eigenvalue weighted by Crippen LogP contribution is 2.59. The molecule has 0 aromatic heterocycles. The lowest BCUT2D eigenvalue weighted by atomic mass is 9.96. The minimum Gasteiger partial charge on any atom is -0.138 e. The van der Waals surface area contributed by atoms with Crippen LogP contribution in [0.3, 0.4) is 0 Å². The third-order valence-corrected chi connectivity index (χ3v) is 16.9. The van der Waals surface area contributed by atoms with Gasteiger partial charge in [0, 0.05) is 31.6 Å². The molecule has 104 valence electrons. The minimum atomic E-state index is -0.319. The maximum atomic E-state index is 6.50. The van der Waals surface area contributed by atoms with Gasteiger partial charge in [-0.25, -0.2) is 0 Å². The molecule has 1 aromatic rings. The second-order valence-electron chi connectivity index (χ2n) is 3.99. The van der Waals surface area contributed by atoms with E-state index in [0.717, 1.165) is 10.6 Å². The molecule has 19 heavy (non-hydrogen) atoms. The molecule has 2 N–H and O–H groups in total. The molecule has 1 aromatic carbocycles. The quantitative estimate of drug-likeness (QED) is 0.398. The average Bonchev–Trinajstić information content (AvgIpc) is 2.40. The van der Waals surface area contributed by atoms with Crippen molar-refractivity contribution in [1.29, 1.82) is 0 Å². The molecule has 1 nitrogen and oxygen atoms in total. The first-order chi connectivity index (χ1) is 9.11. The molecule has 0 aliphatic carbocycles. The fourth-order valence-electron chi connectivity index (χ4n) is 1.85. The smallest absolute Gasteiger partial charge is 0.138 e. The first-order valence-electron chi connectivity index (χ1n) is 5.56. The zero-order valence-electron chi connectivity index (χ0n) is 10.5. The highest BCUT2D eigenvalue weighted by atomic mass is 33.9. The Labute approximate surface area is 141 Å². The number of thiocarbonyl (C=S) groups is 1. The molecule has 1 heterocycles. The van der Waals surface area contributed by atoms with Crippen LogP contribution in [0.2, 0.25) is 0 Å². The summed E-state index contributed by atoms with van der Waals surface area (Å²) in [4.78, 5) is 0. The fourth-order valence-corrected chi connectivity index (χ4v) is 17.8. The largest absolute Gasteiger partial charge is 0.226 e. The van der Waals surface area contributed by atoms with Gasteiger partial charge >= 0.3 is 0 Å². The van der Waals surface area contributed by atoms with Crippen LogP contribution in [0.1, 0.15) is 24.5 Å². The molecule has 1 saturated heterocycles. The van der Waals surface area contributed by atoms with Crippen LogP contribution in [-0.4, -0.2) is 4.20 Å². The van der Waals surface area contributed by atoms with Crippen molar-refractivity contribution in [3.8, 4) is 0 Å². The molecule has 0 bridgehead atoms. The Morgan fingerprint density at radius 1 is 1.21 bits per heavy atom. The van der Waals surface area contributed by atoms with E-state index in [1.165, 1.54) is 11.1 Å². The van der Waals surface area contributed by atoms with Crippen LogP contribution in [0, 0.1) is 6.92 Å². The second kappa shape index (κ2) is 7.58. The molecule has 1 aliphatic heterocycles. The standard InChI is InChI=1S/C11H14NS7/c1-3-11(9-6-4-8(2)5-7-9)10(13)14-15-16-17-18-19(11)12/h4-7H,3,12H2,1-2H3/q+1. The van der Waals surface area contributed by atoms with Crippen molar-refractivity contribution < 1.29 is 0 Å². The Balaban J connectivity index is 2.46. The summed E-state index contributed by atoms with van der Waals surface area (Å²) in [5.41, 5.74) is 2.52. The van der Waals surface area contributed by atoms with Crippen LogP contribution >= 0.6 is 62.3 Å². The monoisotopic (exact) mass is 384 g/mol. The van der Waals surface area contributed by atoms with Gasteiger partial charge in [0.1, 0.15) is 4.20 Å². The van der Waals surface area contributed by atoms with Gasteiger partial charge in [-0.2, -0.15) is 0 Å². The Morgan fingerprint density at radius 3 is 2.53 bits per heavy atom. The third kappa shape index (κ3) is 3.59. The van der Waals surface area contributed by atoms with Crippen LogP contribution in [-0.2, 0) is 14.9 Å². The van der Waals surface area contributed by atoms with Crippen LogP contribution in [0.15, 0.2) is 24.3 Å². The highest BCUT2D eigenvalue weighted by molar-refractivity contribution is 9.42. The van der Waals surface area contributed by atoms with Gasteiger partial charge in [0.05, 0.1) is 0 Å². The van der Waals surface area contributed by atoms with E-state index in [1.807, 2.05) is 0 Å². The lowest BCUT2D eigenvalue weighted by molar-refractivity contribution is 0.792. The van der Waals surface area contributed by atoms with Gasteiger partial charge in [-0.3, -0.25) is 0 Å². The number of hydrogen-bond donors (Lipinski definition) is 1. The van der Waals surface area contributed by atoms with Gasteiger partial charge < -0.3 is 0 Å². The first-order valence-corrected chi connectivity index (χ1v) is 13.9. The van der Waals surface area contributed by atoms with Crippen molar-refractivity contribution >= 4 is 76.6 Å². The Bertz CT molecular complexity index is 449. The van der Waals surface area contributed by atoms with Gasteiger partial charge in [0.25, 0.3) is 0 Å². The summed E-state index contributed by atoms with van der Waals surface area (Å²) in [5, 5.41) is 6.50. The lowest BCUT2D eigenvalue weighted by Gasteiger charge is -2.29. The summed E-state index contributed by atoms with van der Waals surface area (Å²) in [6.45, 7) is 4.29. The van der Waals surface area contributed by atoms with Gasteiger partial charge in [-0.1, -0.05) is 49.0 Å².